The van der Waals surface area contributed by atoms with E-state index in [4.69, 9.17) is 9.47 Å². The third-order valence-corrected chi connectivity index (χ3v) is 3.64. The van der Waals surface area contributed by atoms with Gasteiger partial charge in [0.2, 0.25) is 0 Å². The van der Waals surface area contributed by atoms with E-state index in [-0.39, 0.29) is 0 Å². The second-order valence-corrected chi connectivity index (χ2v) is 5.68. The van der Waals surface area contributed by atoms with E-state index in [2.05, 4.69) is 4.90 Å². The highest BCUT2D eigenvalue weighted by atomic mass is 16.5. The Morgan fingerprint density at radius 1 is 1.45 bits per heavy atom. The molecular formula is C16H25NO3. The van der Waals surface area contributed by atoms with Gasteiger partial charge >= 0.3 is 0 Å². The van der Waals surface area contributed by atoms with Crippen molar-refractivity contribution in [2.45, 2.75) is 19.4 Å². The summed E-state index contributed by atoms with van der Waals surface area (Å²) in [5.41, 5.74) is 1.09. The van der Waals surface area contributed by atoms with Crippen molar-refractivity contribution in [3.8, 4) is 5.75 Å². The predicted molar refractivity (Wildman–Crippen MR) is 79.1 cm³/mol. The smallest absolute Gasteiger partial charge is 0.122 e. The molecule has 0 radical (unpaired) electrons. The Hall–Kier alpha value is -1.10. The number of nitrogens with zero attached hydrogens (tertiary/aromatic N) is 1. The van der Waals surface area contributed by atoms with E-state index >= 15 is 0 Å². The summed E-state index contributed by atoms with van der Waals surface area (Å²) in [6.45, 7) is 5.66. The molecule has 0 bridgehead atoms. The van der Waals surface area contributed by atoms with Gasteiger partial charge in [-0.2, -0.15) is 0 Å². The van der Waals surface area contributed by atoms with Gasteiger partial charge in [-0.15, -0.1) is 0 Å². The second-order valence-electron chi connectivity index (χ2n) is 5.68. The molecule has 2 atom stereocenters. The number of para-hydroxylation sites is 1. The van der Waals surface area contributed by atoms with Crippen LogP contribution in [0.15, 0.2) is 24.3 Å². The van der Waals surface area contributed by atoms with Gasteiger partial charge in [0.1, 0.15) is 18.5 Å². The van der Waals surface area contributed by atoms with Gasteiger partial charge in [0, 0.05) is 19.7 Å². The first-order chi connectivity index (χ1) is 9.65. The van der Waals surface area contributed by atoms with Crippen molar-refractivity contribution in [1.29, 1.82) is 0 Å². The van der Waals surface area contributed by atoms with Gasteiger partial charge < -0.3 is 19.5 Å². The van der Waals surface area contributed by atoms with Gasteiger partial charge in [-0.25, -0.2) is 0 Å². The summed E-state index contributed by atoms with van der Waals surface area (Å²) in [5.74, 6) is 1.45. The summed E-state index contributed by atoms with van der Waals surface area (Å²) in [5, 5.41) is 10.0. The van der Waals surface area contributed by atoms with Crippen molar-refractivity contribution >= 4 is 0 Å². The van der Waals surface area contributed by atoms with Crippen LogP contribution < -0.4 is 4.74 Å². The van der Waals surface area contributed by atoms with E-state index in [1.165, 1.54) is 0 Å². The molecule has 1 aromatic carbocycles. The highest BCUT2D eigenvalue weighted by molar-refractivity contribution is 5.31. The molecule has 0 amide bonds. The average Bonchev–Trinajstić information content (AvgIpc) is 2.90. The number of aryl methyl sites for hydroxylation is 1. The summed E-state index contributed by atoms with van der Waals surface area (Å²) >= 11 is 0. The summed E-state index contributed by atoms with van der Waals surface area (Å²) < 4.78 is 11.0. The van der Waals surface area contributed by atoms with Gasteiger partial charge in [0.25, 0.3) is 0 Å². The molecule has 0 aromatic heterocycles. The highest BCUT2D eigenvalue weighted by Crippen LogP contribution is 2.16. The van der Waals surface area contributed by atoms with Crippen LogP contribution in [0.2, 0.25) is 0 Å². The lowest BCUT2D eigenvalue weighted by atomic mass is 10.1. The van der Waals surface area contributed by atoms with E-state index in [9.17, 15) is 5.11 Å². The van der Waals surface area contributed by atoms with Crippen molar-refractivity contribution < 1.29 is 14.6 Å². The number of likely N-dealkylation sites (N-methyl/N-ethyl adjacent to an activating group) is 1. The van der Waals surface area contributed by atoms with Crippen LogP contribution in [-0.4, -0.2) is 56.1 Å². The monoisotopic (exact) mass is 279 g/mol. The van der Waals surface area contributed by atoms with E-state index in [0.29, 0.717) is 19.1 Å². The van der Waals surface area contributed by atoms with E-state index in [1.807, 2.05) is 38.2 Å². The van der Waals surface area contributed by atoms with Crippen LogP contribution in [0.25, 0.3) is 0 Å². The molecule has 1 fully saturated rings. The largest absolute Gasteiger partial charge is 0.491 e. The Labute approximate surface area is 121 Å². The van der Waals surface area contributed by atoms with E-state index < -0.39 is 6.10 Å². The van der Waals surface area contributed by atoms with Gasteiger partial charge in [-0.1, -0.05) is 18.2 Å². The first-order valence-electron chi connectivity index (χ1n) is 7.28. The van der Waals surface area contributed by atoms with Crippen molar-refractivity contribution in [2.24, 2.45) is 5.92 Å². The Morgan fingerprint density at radius 2 is 2.25 bits per heavy atom. The van der Waals surface area contributed by atoms with Crippen molar-refractivity contribution in [1.82, 2.24) is 4.90 Å². The van der Waals surface area contributed by atoms with Crippen LogP contribution >= 0.6 is 0 Å². The minimum atomic E-state index is -0.470. The number of rotatable bonds is 7. The van der Waals surface area contributed by atoms with Gasteiger partial charge in [-0.05, 0) is 37.9 Å². The Kier molecular flexibility index (Phi) is 5.83. The molecule has 20 heavy (non-hydrogen) atoms. The fourth-order valence-electron chi connectivity index (χ4n) is 2.56. The molecule has 1 aliphatic heterocycles. The molecule has 0 saturated carbocycles. The molecule has 4 nitrogen and oxygen atoms in total. The van der Waals surface area contributed by atoms with E-state index in [1.54, 1.807) is 0 Å². The van der Waals surface area contributed by atoms with E-state index in [0.717, 1.165) is 37.5 Å². The SMILES string of the molecule is Cc1ccccc1OCC(O)CN(C)CC1CCOC1. The quantitative estimate of drug-likeness (QED) is 0.825. The normalized spacial score (nSPS) is 20.3. The van der Waals surface area contributed by atoms with Crippen molar-refractivity contribution in [3.05, 3.63) is 29.8 Å². The molecule has 1 N–H and O–H groups in total. The Bertz CT molecular complexity index is 404. The summed E-state index contributed by atoms with van der Waals surface area (Å²) in [6, 6.07) is 7.87. The molecule has 2 rings (SSSR count). The minimum Gasteiger partial charge on any atom is -0.491 e. The molecule has 0 spiro atoms. The number of aliphatic hydroxyl groups is 1. The number of hydrogen-bond donors (Lipinski definition) is 1. The molecule has 1 aliphatic rings. The third-order valence-electron chi connectivity index (χ3n) is 3.64. The van der Waals surface area contributed by atoms with Crippen LogP contribution in [0.1, 0.15) is 12.0 Å². The number of ether oxygens (including phenoxy) is 2. The number of benzene rings is 1. The fourth-order valence-corrected chi connectivity index (χ4v) is 2.56. The molecule has 1 heterocycles. The number of hydrogen-bond acceptors (Lipinski definition) is 4. The molecule has 112 valence electrons. The van der Waals surface area contributed by atoms with Crippen molar-refractivity contribution in [2.75, 3.05) is 40.0 Å². The first kappa shape index (κ1) is 15.3. The maximum absolute atomic E-state index is 10.0. The number of aliphatic hydroxyl groups excluding tert-OH is 1. The third kappa shape index (κ3) is 4.78. The van der Waals surface area contributed by atoms with Crippen LogP contribution in [-0.2, 0) is 4.74 Å². The standard InChI is InChI=1S/C16H25NO3/c1-13-5-3-4-6-16(13)20-12-15(18)10-17(2)9-14-7-8-19-11-14/h3-6,14-15,18H,7-12H2,1-2H3. The van der Waals surface area contributed by atoms with Gasteiger partial charge in [-0.3, -0.25) is 0 Å². The molecule has 4 heteroatoms. The lowest BCUT2D eigenvalue weighted by Gasteiger charge is -2.23. The zero-order valence-corrected chi connectivity index (χ0v) is 12.4. The lowest BCUT2D eigenvalue weighted by molar-refractivity contribution is 0.0703. The highest BCUT2D eigenvalue weighted by Gasteiger charge is 2.19. The van der Waals surface area contributed by atoms with Crippen LogP contribution in [0.5, 0.6) is 5.75 Å². The maximum Gasteiger partial charge on any atom is 0.122 e. The summed E-state index contributed by atoms with van der Waals surface area (Å²) in [4.78, 5) is 2.16. The molecule has 0 aliphatic carbocycles. The van der Waals surface area contributed by atoms with Gasteiger partial charge in [0.05, 0.1) is 6.61 Å². The average molecular weight is 279 g/mol. The summed E-state index contributed by atoms with van der Waals surface area (Å²) in [7, 11) is 2.04. The molecule has 2 unspecified atom stereocenters. The Morgan fingerprint density at radius 3 is 2.95 bits per heavy atom. The summed E-state index contributed by atoms with van der Waals surface area (Å²) in [6.07, 6.45) is 0.655. The van der Waals surface area contributed by atoms with Crippen LogP contribution in [0.4, 0.5) is 0 Å². The molecule has 1 aromatic rings. The predicted octanol–water partition coefficient (Wildman–Crippen LogP) is 1.70. The zero-order valence-electron chi connectivity index (χ0n) is 12.4. The van der Waals surface area contributed by atoms with Crippen molar-refractivity contribution in [3.63, 3.8) is 0 Å². The van der Waals surface area contributed by atoms with Gasteiger partial charge in [0.15, 0.2) is 0 Å². The maximum atomic E-state index is 10.0. The Balaban J connectivity index is 1.69. The van der Waals surface area contributed by atoms with Crippen LogP contribution in [0, 0.1) is 12.8 Å². The first-order valence-corrected chi connectivity index (χ1v) is 7.28. The topological polar surface area (TPSA) is 41.9 Å². The van der Waals surface area contributed by atoms with Crippen LogP contribution in [0.3, 0.4) is 0 Å². The second kappa shape index (κ2) is 7.62. The zero-order chi connectivity index (χ0) is 14.4. The lowest BCUT2D eigenvalue weighted by Crippen LogP contribution is -2.36. The molecule has 1 saturated heterocycles. The minimum absolute atomic E-state index is 0.330. The fraction of sp³-hybridized carbons (Fsp3) is 0.625. The molecular weight excluding hydrogens is 254 g/mol.